The number of nitrogens with two attached hydrogens (primary N) is 1. The van der Waals surface area contributed by atoms with E-state index in [1.807, 2.05) is 36.6 Å². The summed E-state index contributed by atoms with van der Waals surface area (Å²) in [6, 6.07) is 5.60. The van der Waals surface area contributed by atoms with E-state index < -0.39 is 11.9 Å². The molecule has 6 nitrogen and oxygen atoms in total. The summed E-state index contributed by atoms with van der Waals surface area (Å²) in [5, 5.41) is 9.44. The molecule has 0 bridgehead atoms. The summed E-state index contributed by atoms with van der Waals surface area (Å²) < 4.78 is 1.89. The topological polar surface area (TPSA) is 98.2 Å². The van der Waals surface area contributed by atoms with Crippen molar-refractivity contribution in [3.8, 4) is 0 Å². The second-order valence-corrected chi connectivity index (χ2v) is 5.85. The van der Waals surface area contributed by atoms with Gasteiger partial charge >= 0.3 is 5.97 Å². The average Bonchev–Trinajstić information content (AvgIpc) is 2.75. The van der Waals surface area contributed by atoms with Crippen LogP contribution < -0.4 is 5.73 Å². The number of hydrogen-bond donors (Lipinski definition) is 2. The van der Waals surface area contributed by atoms with Gasteiger partial charge in [-0.2, -0.15) is 0 Å². The number of carboxylic acid groups (broad SMARTS) is 1. The van der Waals surface area contributed by atoms with Crippen LogP contribution in [0.15, 0.2) is 23.4 Å². The number of hydrogen-bond acceptors (Lipinski definition) is 4. The third-order valence-corrected chi connectivity index (χ3v) is 4.09. The second-order valence-electron chi connectivity index (χ2n) is 4.91. The van der Waals surface area contributed by atoms with E-state index in [4.69, 9.17) is 10.8 Å². The lowest BCUT2D eigenvalue weighted by atomic mass is 10.2. The number of para-hydroxylation sites is 1. The van der Waals surface area contributed by atoms with Gasteiger partial charge in [-0.1, -0.05) is 23.9 Å². The highest BCUT2D eigenvalue weighted by molar-refractivity contribution is 7.99. The van der Waals surface area contributed by atoms with E-state index in [2.05, 4.69) is 4.98 Å². The molecule has 0 radical (unpaired) electrons. The first-order chi connectivity index (χ1) is 9.90. The first-order valence-corrected chi connectivity index (χ1v) is 7.49. The molecule has 1 unspecified atom stereocenters. The fourth-order valence-corrected chi connectivity index (χ4v) is 3.10. The van der Waals surface area contributed by atoms with Gasteiger partial charge in [0, 0.05) is 12.5 Å². The highest BCUT2D eigenvalue weighted by atomic mass is 32.2. The lowest BCUT2D eigenvalue weighted by Gasteiger charge is -2.15. The molecule has 1 aromatic carbocycles. The molecule has 0 aliphatic heterocycles. The van der Waals surface area contributed by atoms with Crippen LogP contribution in [0.2, 0.25) is 0 Å². The minimum atomic E-state index is -0.905. The number of aliphatic carboxylic acids is 1. The van der Waals surface area contributed by atoms with Crippen LogP contribution in [0.1, 0.15) is 24.9 Å². The molecule has 112 valence electrons. The number of aromatic nitrogens is 2. The van der Waals surface area contributed by atoms with Gasteiger partial charge in [0.05, 0.1) is 16.8 Å². The third kappa shape index (κ3) is 3.36. The maximum atomic E-state index is 11.2. The first-order valence-electron chi connectivity index (χ1n) is 6.50. The standard InChI is InChI=1S/C14H17N3O3S/c1-8-4-3-5-10-13(8)16-14(21-7-12(19)20)17(10)9(2)6-11(15)18/h3-5,9H,6-7H2,1-2H3,(H2,15,18)(H,19,20). The predicted molar refractivity (Wildman–Crippen MR) is 81.4 cm³/mol. The Balaban J connectivity index is 2.51. The van der Waals surface area contributed by atoms with Crippen molar-refractivity contribution in [2.45, 2.75) is 31.5 Å². The Morgan fingerprint density at radius 1 is 1.48 bits per heavy atom. The summed E-state index contributed by atoms with van der Waals surface area (Å²) in [4.78, 5) is 26.5. The maximum Gasteiger partial charge on any atom is 0.313 e. The van der Waals surface area contributed by atoms with Gasteiger partial charge < -0.3 is 15.4 Å². The Hall–Kier alpha value is -2.02. The number of imidazole rings is 1. The van der Waals surface area contributed by atoms with Crippen LogP contribution in [0.25, 0.3) is 11.0 Å². The molecule has 21 heavy (non-hydrogen) atoms. The van der Waals surface area contributed by atoms with Gasteiger partial charge in [0.1, 0.15) is 0 Å². The van der Waals surface area contributed by atoms with Crippen molar-refractivity contribution in [3.05, 3.63) is 23.8 Å². The summed E-state index contributed by atoms with van der Waals surface area (Å²) in [5.74, 6) is -1.38. The molecule has 2 aromatic rings. The van der Waals surface area contributed by atoms with E-state index >= 15 is 0 Å². The number of benzene rings is 1. The Bertz CT molecular complexity index is 696. The molecule has 0 fully saturated rings. The summed E-state index contributed by atoms with van der Waals surface area (Å²) >= 11 is 1.15. The Morgan fingerprint density at radius 3 is 2.81 bits per heavy atom. The van der Waals surface area contributed by atoms with Gasteiger partial charge in [-0.05, 0) is 25.5 Å². The molecule has 1 amide bonds. The normalized spacial score (nSPS) is 12.5. The highest BCUT2D eigenvalue weighted by Gasteiger charge is 2.19. The smallest absolute Gasteiger partial charge is 0.313 e. The van der Waals surface area contributed by atoms with Crippen molar-refractivity contribution < 1.29 is 14.7 Å². The van der Waals surface area contributed by atoms with Crippen LogP contribution in [-0.2, 0) is 9.59 Å². The van der Waals surface area contributed by atoms with Gasteiger partial charge in [0.25, 0.3) is 0 Å². The number of fused-ring (bicyclic) bond motifs is 1. The van der Waals surface area contributed by atoms with Crippen molar-refractivity contribution in [1.29, 1.82) is 0 Å². The number of carbonyl (C=O) groups excluding carboxylic acids is 1. The fraction of sp³-hybridized carbons (Fsp3) is 0.357. The number of amides is 1. The van der Waals surface area contributed by atoms with E-state index in [9.17, 15) is 9.59 Å². The SMILES string of the molecule is Cc1cccc2c1nc(SCC(=O)O)n2C(C)CC(N)=O. The van der Waals surface area contributed by atoms with Crippen LogP contribution in [0.4, 0.5) is 0 Å². The third-order valence-electron chi connectivity index (χ3n) is 3.15. The summed E-state index contributed by atoms with van der Waals surface area (Å²) in [7, 11) is 0. The monoisotopic (exact) mass is 307 g/mol. The molecule has 0 aliphatic rings. The largest absolute Gasteiger partial charge is 0.481 e. The Labute approximate surface area is 126 Å². The number of carboxylic acids is 1. The second kappa shape index (κ2) is 6.17. The van der Waals surface area contributed by atoms with Gasteiger partial charge in [-0.3, -0.25) is 9.59 Å². The number of aryl methyl sites for hydroxylation is 1. The number of carbonyl (C=O) groups is 2. The highest BCUT2D eigenvalue weighted by Crippen LogP contribution is 2.30. The van der Waals surface area contributed by atoms with Gasteiger partial charge in [-0.25, -0.2) is 4.98 Å². The zero-order valence-electron chi connectivity index (χ0n) is 11.9. The minimum absolute atomic E-state index is 0.0777. The van der Waals surface area contributed by atoms with Crippen LogP contribution in [-0.4, -0.2) is 32.3 Å². The number of nitrogens with zero attached hydrogens (tertiary/aromatic N) is 2. The van der Waals surface area contributed by atoms with Crippen molar-refractivity contribution in [2.75, 3.05) is 5.75 Å². The summed E-state index contributed by atoms with van der Waals surface area (Å²) in [6.07, 6.45) is 0.181. The zero-order valence-corrected chi connectivity index (χ0v) is 12.7. The number of rotatable bonds is 6. The molecule has 2 rings (SSSR count). The van der Waals surface area contributed by atoms with Gasteiger partial charge in [0.2, 0.25) is 5.91 Å². The van der Waals surface area contributed by atoms with Crippen molar-refractivity contribution in [2.24, 2.45) is 5.73 Å². The molecule has 0 spiro atoms. The molecule has 1 atom stereocenters. The molecule has 0 saturated heterocycles. The minimum Gasteiger partial charge on any atom is -0.481 e. The lowest BCUT2D eigenvalue weighted by Crippen LogP contribution is -2.18. The molecule has 3 N–H and O–H groups in total. The van der Waals surface area contributed by atoms with Crippen LogP contribution in [0.3, 0.4) is 0 Å². The van der Waals surface area contributed by atoms with Gasteiger partial charge in [-0.15, -0.1) is 0 Å². The van der Waals surface area contributed by atoms with Crippen molar-refractivity contribution in [1.82, 2.24) is 9.55 Å². The summed E-state index contributed by atoms with van der Waals surface area (Å²) in [6.45, 7) is 3.82. The van der Waals surface area contributed by atoms with Crippen molar-refractivity contribution in [3.63, 3.8) is 0 Å². The van der Waals surface area contributed by atoms with Gasteiger partial charge in [0.15, 0.2) is 5.16 Å². The first kappa shape index (κ1) is 15.4. The van der Waals surface area contributed by atoms with E-state index in [1.54, 1.807) is 0 Å². The average molecular weight is 307 g/mol. The molecule has 1 aromatic heterocycles. The number of thioether (sulfide) groups is 1. The van der Waals surface area contributed by atoms with Crippen LogP contribution in [0, 0.1) is 6.92 Å². The van der Waals surface area contributed by atoms with Crippen LogP contribution >= 0.6 is 11.8 Å². The maximum absolute atomic E-state index is 11.2. The van der Waals surface area contributed by atoms with Crippen LogP contribution in [0.5, 0.6) is 0 Å². The molecule has 7 heteroatoms. The predicted octanol–water partition coefficient (Wildman–Crippen LogP) is 1.96. The van der Waals surface area contributed by atoms with E-state index in [0.29, 0.717) is 5.16 Å². The Kier molecular flexibility index (Phi) is 4.52. The molecule has 0 aliphatic carbocycles. The quantitative estimate of drug-likeness (QED) is 0.795. The molecule has 0 saturated carbocycles. The lowest BCUT2D eigenvalue weighted by molar-refractivity contribution is -0.134. The zero-order chi connectivity index (χ0) is 15.6. The van der Waals surface area contributed by atoms with E-state index in [0.717, 1.165) is 28.4 Å². The van der Waals surface area contributed by atoms with E-state index in [1.165, 1.54) is 0 Å². The molecule has 1 heterocycles. The summed E-state index contributed by atoms with van der Waals surface area (Å²) in [5.41, 5.74) is 7.99. The molecular weight excluding hydrogens is 290 g/mol. The van der Waals surface area contributed by atoms with E-state index in [-0.39, 0.29) is 18.2 Å². The van der Waals surface area contributed by atoms with Crippen molar-refractivity contribution >= 4 is 34.7 Å². The Morgan fingerprint density at radius 2 is 2.19 bits per heavy atom. The fourth-order valence-electron chi connectivity index (χ4n) is 2.27. The molecular formula is C14H17N3O3S. The number of primary amides is 1.